The second-order valence-electron chi connectivity index (χ2n) is 7.82. The van der Waals surface area contributed by atoms with Crippen LogP contribution < -0.4 is 10.6 Å². The Morgan fingerprint density at radius 3 is 2.24 bits per heavy atom. The van der Waals surface area contributed by atoms with E-state index in [0.29, 0.717) is 17.1 Å². The minimum absolute atomic E-state index is 0.0386. The molecule has 1 saturated carbocycles. The summed E-state index contributed by atoms with van der Waals surface area (Å²) in [7, 11) is 0. The van der Waals surface area contributed by atoms with Crippen LogP contribution in [0.2, 0.25) is 0 Å². The van der Waals surface area contributed by atoms with Crippen molar-refractivity contribution in [3.63, 3.8) is 0 Å². The van der Waals surface area contributed by atoms with Crippen LogP contribution in [0.1, 0.15) is 36.0 Å². The van der Waals surface area contributed by atoms with Gasteiger partial charge in [-0.15, -0.1) is 0 Å². The molecule has 0 atom stereocenters. The third-order valence-electron chi connectivity index (χ3n) is 5.32. The maximum atomic E-state index is 13.5. The highest BCUT2D eigenvalue weighted by atomic mass is 19.3. The number of anilines is 1. The van der Waals surface area contributed by atoms with E-state index in [1.54, 1.807) is 18.2 Å². The fourth-order valence-corrected chi connectivity index (χ4v) is 3.50. The number of aliphatic imine (C=N–C) groups is 1. The number of aromatic amines is 1. The van der Waals surface area contributed by atoms with Gasteiger partial charge in [-0.05, 0) is 66.9 Å². The number of aromatic nitrogens is 2. The van der Waals surface area contributed by atoms with Crippen molar-refractivity contribution in [2.45, 2.75) is 37.6 Å². The Hall–Kier alpha value is -3.69. The first-order chi connectivity index (χ1) is 15.8. The lowest BCUT2D eigenvalue weighted by molar-refractivity contribution is -0.0373. The van der Waals surface area contributed by atoms with Crippen molar-refractivity contribution in [1.29, 1.82) is 0 Å². The molecular weight excluding hydrogens is 438 g/mol. The average molecular weight is 459 g/mol. The molecule has 1 aliphatic carbocycles. The molecule has 10 heteroatoms. The summed E-state index contributed by atoms with van der Waals surface area (Å²) < 4.78 is 53.4. The lowest BCUT2D eigenvalue weighted by Gasteiger charge is -2.26. The molecule has 6 nitrogen and oxygen atoms in total. The molecule has 1 amide bonds. The molecule has 4 rings (SSSR count). The van der Waals surface area contributed by atoms with Crippen LogP contribution in [0.4, 0.5) is 23.4 Å². The van der Waals surface area contributed by atoms with Crippen LogP contribution in [0.25, 0.3) is 11.3 Å². The van der Waals surface area contributed by atoms with Crippen molar-refractivity contribution in [3.8, 4) is 11.3 Å². The molecule has 0 saturated heterocycles. The zero-order chi connectivity index (χ0) is 23.4. The highest BCUT2D eigenvalue weighted by Gasteiger charge is 2.35. The summed E-state index contributed by atoms with van der Waals surface area (Å²) in [6.45, 7) is 0. The predicted octanol–water partition coefficient (Wildman–Crippen LogP) is 5.13. The van der Waals surface area contributed by atoms with E-state index < -0.39 is 23.7 Å². The molecule has 0 spiro atoms. The number of carbonyl (C=O) groups excluding carboxylic acids is 1. The van der Waals surface area contributed by atoms with Gasteiger partial charge in [-0.1, -0.05) is 0 Å². The average Bonchev–Trinajstić information content (AvgIpc) is 3.24. The van der Waals surface area contributed by atoms with Gasteiger partial charge in [-0.3, -0.25) is 15.2 Å². The Kier molecular flexibility index (Phi) is 6.43. The second-order valence-corrected chi connectivity index (χ2v) is 7.82. The van der Waals surface area contributed by atoms with Crippen LogP contribution in [0, 0.1) is 11.6 Å². The molecule has 2 aromatic carbocycles. The van der Waals surface area contributed by atoms with E-state index in [4.69, 9.17) is 0 Å². The van der Waals surface area contributed by atoms with E-state index in [-0.39, 0.29) is 43.0 Å². The Labute approximate surface area is 187 Å². The predicted molar refractivity (Wildman–Crippen MR) is 116 cm³/mol. The van der Waals surface area contributed by atoms with Crippen molar-refractivity contribution in [1.82, 2.24) is 15.5 Å². The molecule has 0 unspecified atom stereocenters. The highest BCUT2D eigenvalue weighted by Crippen LogP contribution is 2.34. The third kappa shape index (κ3) is 5.97. The molecule has 3 N–H and O–H groups in total. The molecule has 1 heterocycles. The van der Waals surface area contributed by atoms with Crippen LogP contribution in [0.5, 0.6) is 0 Å². The number of nitrogens with zero attached hydrogens (tertiary/aromatic N) is 2. The van der Waals surface area contributed by atoms with Gasteiger partial charge < -0.3 is 5.32 Å². The van der Waals surface area contributed by atoms with E-state index in [1.165, 1.54) is 24.3 Å². The monoisotopic (exact) mass is 459 g/mol. The van der Waals surface area contributed by atoms with E-state index in [0.717, 1.165) is 12.1 Å². The molecule has 172 valence electrons. The fourth-order valence-electron chi connectivity index (χ4n) is 3.50. The zero-order valence-electron chi connectivity index (χ0n) is 17.4. The smallest absolute Gasteiger partial charge is 0.257 e. The molecule has 0 bridgehead atoms. The van der Waals surface area contributed by atoms with Gasteiger partial charge in [0.15, 0.2) is 5.82 Å². The molecule has 1 fully saturated rings. The summed E-state index contributed by atoms with van der Waals surface area (Å²) in [6.07, 6.45) is -0.215. The van der Waals surface area contributed by atoms with Crippen LogP contribution in [0.3, 0.4) is 0 Å². The standard InChI is InChI=1S/C23H21F4N5O/c24-16-5-1-14(2-6-16)19-13-20(32-31-19)29-22(28-18-9-11-23(26,27)12-10-18)30-21(33)15-3-7-17(25)8-4-15/h1-8,13,18H,9-12H2,(H3,28,29,30,31,32,33). The summed E-state index contributed by atoms with van der Waals surface area (Å²) in [4.78, 5) is 17.1. The normalized spacial score (nSPS) is 16.4. The molecule has 3 aromatic rings. The number of rotatable bonds is 4. The van der Waals surface area contributed by atoms with Crippen LogP contribution in [-0.4, -0.2) is 34.0 Å². The molecule has 33 heavy (non-hydrogen) atoms. The van der Waals surface area contributed by atoms with E-state index in [1.807, 2.05) is 0 Å². The number of benzene rings is 2. The Bertz CT molecular complexity index is 1130. The summed E-state index contributed by atoms with van der Waals surface area (Å²) in [5.74, 6) is -3.75. The van der Waals surface area contributed by atoms with Crippen LogP contribution >= 0.6 is 0 Å². The quantitative estimate of drug-likeness (QED) is 0.287. The van der Waals surface area contributed by atoms with Crippen molar-refractivity contribution < 1.29 is 22.4 Å². The zero-order valence-corrected chi connectivity index (χ0v) is 17.4. The minimum Gasteiger partial charge on any atom is -0.309 e. The van der Waals surface area contributed by atoms with E-state index in [9.17, 15) is 22.4 Å². The number of amides is 1. The first-order valence-corrected chi connectivity index (χ1v) is 10.4. The summed E-state index contributed by atoms with van der Waals surface area (Å²) >= 11 is 0. The number of halogens is 4. The fraction of sp³-hybridized carbons (Fsp3) is 0.261. The van der Waals surface area contributed by atoms with Gasteiger partial charge in [-0.2, -0.15) is 5.10 Å². The number of hydrogen-bond donors (Lipinski definition) is 3. The Balaban J connectivity index is 1.53. The maximum absolute atomic E-state index is 13.5. The van der Waals surface area contributed by atoms with Gasteiger partial charge in [0.2, 0.25) is 11.9 Å². The van der Waals surface area contributed by atoms with Gasteiger partial charge in [0.05, 0.1) is 11.7 Å². The van der Waals surface area contributed by atoms with Crippen molar-refractivity contribution >= 4 is 17.7 Å². The lowest BCUT2D eigenvalue weighted by Crippen LogP contribution is -2.38. The molecule has 0 aliphatic heterocycles. The summed E-state index contributed by atoms with van der Waals surface area (Å²) in [6, 6.07) is 12.0. The van der Waals surface area contributed by atoms with Gasteiger partial charge in [0, 0.05) is 24.5 Å². The van der Waals surface area contributed by atoms with Gasteiger partial charge in [0.25, 0.3) is 5.91 Å². The Morgan fingerprint density at radius 1 is 1.00 bits per heavy atom. The first kappa shape index (κ1) is 22.5. The third-order valence-corrected chi connectivity index (χ3v) is 5.32. The largest absolute Gasteiger partial charge is 0.309 e. The topological polar surface area (TPSA) is 82.2 Å². The molecule has 1 aliphatic rings. The first-order valence-electron chi connectivity index (χ1n) is 10.4. The van der Waals surface area contributed by atoms with Crippen molar-refractivity contribution in [3.05, 3.63) is 71.8 Å². The summed E-state index contributed by atoms with van der Waals surface area (Å²) in [5, 5.41) is 12.5. The van der Waals surface area contributed by atoms with Crippen molar-refractivity contribution in [2.75, 3.05) is 5.32 Å². The van der Waals surface area contributed by atoms with Gasteiger partial charge in [-0.25, -0.2) is 22.6 Å². The van der Waals surface area contributed by atoms with E-state index in [2.05, 4.69) is 25.8 Å². The minimum atomic E-state index is -2.71. The number of carbonyl (C=O) groups is 1. The van der Waals surface area contributed by atoms with Gasteiger partial charge >= 0.3 is 0 Å². The highest BCUT2D eigenvalue weighted by molar-refractivity contribution is 6.09. The number of alkyl halides is 2. The maximum Gasteiger partial charge on any atom is 0.257 e. The number of hydrogen-bond acceptors (Lipinski definition) is 3. The van der Waals surface area contributed by atoms with Crippen molar-refractivity contribution in [2.24, 2.45) is 4.99 Å². The van der Waals surface area contributed by atoms with E-state index >= 15 is 0 Å². The number of nitrogens with one attached hydrogen (secondary N) is 3. The molecular formula is C23H21F4N5O. The number of guanidine groups is 1. The van der Waals surface area contributed by atoms with Gasteiger partial charge in [0.1, 0.15) is 11.6 Å². The SMILES string of the molecule is O=C(NC(=NC1CCC(F)(F)CC1)Nc1cc(-c2ccc(F)cc2)[nH]n1)c1ccc(F)cc1. The summed E-state index contributed by atoms with van der Waals surface area (Å²) in [5.41, 5.74) is 1.49. The second kappa shape index (κ2) is 9.43. The molecule has 0 radical (unpaired) electrons. The lowest BCUT2D eigenvalue weighted by atomic mass is 9.93. The van der Waals surface area contributed by atoms with Crippen LogP contribution in [0.15, 0.2) is 59.6 Å². The van der Waals surface area contributed by atoms with Crippen LogP contribution in [-0.2, 0) is 0 Å². The Morgan fingerprint density at radius 2 is 1.61 bits per heavy atom. The molecule has 1 aromatic heterocycles. The number of H-pyrrole nitrogens is 1.